The Balaban J connectivity index is 1.69. The summed E-state index contributed by atoms with van der Waals surface area (Å²) in [5.41, 5.74) is 0.684. The number of thioether (sulfide) groups is 1. The molecule has 3 aromatic rings. The molecule has 0 saturated heterocycles. The molecule has 28 heavy (non-hydrogen) atoms. The van der Waals surface area contributed by atoms with E-state index in [2.05, 4.69) is 0 Å². The van der Waals surface area contributed by atoms with Crippen LogP contribution in [0.2, 0.25) is 5.02 Å². The van der Waals surface area contributed by atoms with Crippen molar-refractivity contribution in [3.63, 3.8) is 0 Å². The van der Waals surface area contributed by atoms with Crippen molar-refractivity contribution in [2.24, 2.45) is 0 Å². The highest BCUT2D eigenvalue weighted by Crippen LogP contribution is 2.22. The number of halogens is 1. The second-order valence-electron chi connectivity index (χ2n) is 6.40. The van der Waals surface area contributed by atoms with E-state index in [-0.39, 0.29) is 11.6 Å². The molecule has 5 nitrogen and oxygen atoms in total. The summed E-state index contributed by atoms with van der Waals surface area (Å²) in [6, 6.07) is 14.7. The lowest BCUT2D eigenvalue weighted by molar-refractivity contribution is 0.156. The number of nitrogens with zero attached hydrogens (tertiary/aromatic N) is 2. The van der Waals surface area contributed by atoms with Gasteiger partial charge in [0.2, 0.25) is 0 Å². The van der Waals surface area contributed by atoms with Gasteiger partial charge in [-0.1, -0.05) is 35.5 Å². The van der Waals surface area contributed by atoms with Gasteiger partial charge in [-0.15, -0.1) is 0 Å². The minimum atomic E-state index is -0.0950. The minimum Gasteiger partial charge on any atom is -0.494 e. The van der Waals surface area contributed by atoms with Crippen LogP contribution in [0.4, 0.5) is 0 Å². The van der Waals surface area contributed by atoms with Crippen LogP contribution >= 0.6 is 23.4 Å². The third-order valence-electron chi connectivity index (χ3n) is 4.23. The van der Waals surface area contributed by atoms with Crippen molar-refractivity contribution in [3.05, 3.63) is 63.9 Å². The number of aromatic nitrogens is 2. The summed E-state index contributed by atoms with van der Waals surface area (Å²) in [4.78, 5) is 17.7. The van der Waals surface area contributed by atoms with Gasteiger partial charge >= 0.3 is 0 Å². The van der Waals surface area contributed by atoms with E-state index in [9.17, 15) is 4.79 Å². The molecule has 0 unspecified atom stereocenters. The van der Waals surface area contributed by atoms with E-state index in [4.69, 9.17) is 26.1 Å². The predicted octanol–water partition coefficient (Wildman–Crippen LogP) is 4.82. The molecule has 0 bridgehead atoms. The van der Waals surface area contributed by atoms with Crippen molar-refractivity contribution in [2.45, 2.75) is 24.5 Å². The quantitative estimate of drug-likeness (QED) is 0.283. The van der Waals surface area contributed by atoms with E-state index in [1.165, 1.54) is 0 Å². The molecule has 1 heterocycles. The SMILES string of the molecule is COC[C@H](C)n1c(SCCCOc2ccc(Cl)cc2)nc2ccccc2c1=O. The molecule has 1 atom stereocenters. The maximum atomic E-state index is 13.0. The summed E-state index contributed by atoms with van der Waals surface area (Å²) >= 11 is 7.44. The number of ether oxygens (including phenoxy) is 2. The standard InChI is InChI=1S/C21H23ClN2O3S/c1-15(14-26-2)24-20(25)18-6-3-4-7-19(18)23-21(24)28-13-5-12-27-17-10-8-16(22)9-11-17/h3-4,6-11,15H,5,12-14H2,1-2H3/t15-/m0/s1. The molecule has 0 saturated carbocycles. The number of hydrogen-bond donors (Lipinski definition) is 0. The van der Waals surface area contributed by atoms with Crippen LogP contribution in [0.1, 0.15) is 19.4 Å². The van der Waals surface area contributed by atoms with Crippen molar-refractivity contribution in [1.82, 2.24) is 9.55 Å². The van der Waals surface area contributed by atoms with Crippen LogP contribution in [0.3, 0.4) is 0 Å². The van der Waals surface area contributed by atoms with Crippen LogP contribution in [0.25, 0.3) is 10.9 Å². The second kappa shape index (κ2) is 9.96. The van der Waals surface area contributed by atoms with Crippen molar-refractivity contribution in [1.29, 1.82) is 0 Å². The third-order valence-corrected chi connectivity index (χ3v) is 5.52. The first-order valence-corrected chi connectivity index (χ1v) is 10.5. The van der Waals surface area contributed by atoms with Crippen LogP contribution in [0.15, 0.2) is 58.5 Å². The van der Waals surface area contributed by atoms with E-state index in [0.717, 1.165) is 17.9 Å². The summed E-state index contributed by atoms with van der Waals surface area (Å²) in [6.07, 6.45) is 0.828. The van der Waals surface area contributed by atoms with Gasteiger partial charge in [-0.2, -0.15) is 0 Å². The van der Waals surface area contributed by atoms with E-state index in [1.54, 1.807) is 35.6 Å². The highest BCUT2D eigenvalue weighted by molar-refractivity contribution is 7.99. The van der Waals surface area contributed by atoms with Crippen LogP contribution in [0.5, 0.6) is 5.75 Å². The average Bonchev–Trinajstić information content (AvgIpc) is 2.69. The highest BCUT2D eigenvalue weighted by Gasteiger charge is 2.16. The fourth-order valence-electron chi connectivity index (χ4n) is 2.88. The third kappa shape index (κ3) is 5.07. The zero-order valence-corrected chi connectivity index (χ0v) is 17.5. The predicted molar refractivity (Wildman–Crippen MR) is 115 cm³/mol. The molecule has 0 radical (unpaired) electrons. The Morgan fingerprint density at radius 3 is 2.68 bits per heavy atom. The normalized spacial score (nSPS) is 12.2. The molecule has 0 amide bonds. The number of rotatable bonds is 9. The van der Waals surface area contributed by atoms with Gasteiger partial charge in [0.15, 0.2) is 5.16 Å². The van der Waals surface area contributed by atoms with Gasteiger partial charge in [0.25, 0.3) is 5.56 Å². The lowest BCUT2D eigenvalue weighted by Gasteiger charge is -2.18. The first-order valence-electron chi connectivity index (χ1n) is 9.11. The van der Waals surface area contributed by atoms with Gasteiger partial charge < -0.3 is 9.47 Å². The highest BCUT2D eigenvalue weighted by atomic mass is 35.5. The molecule has 2 aromatic carbocycles. The van der Waals surface area contributed by atoms with E-state index in [0.29, 0.717) is 34.3 Å². The molecule has 0 aliphatic heterocycles. The summed E-state index contributed by atoms with van der Waals surface area (Å²) in [5.74, 6) is 1.58. The van der Waals surface area contributed by atoms with Crippen molar-refractivity contribution in [2.75, 3.05) is 26.1 Å². The lowest BCUT2D eigenvalue weighted by Crippen LogP contribution is -2.28. The molecular weight excluding hydrogens is 396 g/mol. The first-order chi connectivity index (χ1) is 13.6. The zero-order valence-electron chi connectivity index (χ0n) is 15.9. The largest absolute Gasteiger partial charge is 0.494 e. The molecule has 7 heteroatoms. The number of methoxy groups -OCH3 is 1. The van der Waals surface area contributed by atoms with Gasteiger partial charge in [-0.3, -0.25) is 9.36 Å². The maximum Gasteiger partial charge on any atom is 0.262 e. The van der Waals surface area contributed by atoms with Crippen molar-refractivity contribution < 1.29 is 9.47 Å². The molecule has 0 fully saturated rings. The topological polar surface area (TPSA) is 53.4 Å². The van der Waals surface area contributed by atoms with Gasteiger partial charge in [0.05, 0.1) is 30.2 Å². The average molecular weight is 419 g/mol. The Morgan fingerprint density at radius 1 is 1.18 bits per heavy atom. The number of benzene rings is 2. The Labute approximate surface area is 173 Å². The molecular formula is C21H23ClN2O3S. The zero-order chi connectivity index (χ0) is 19.9. The summed E-state index contributed by atoms with van der Waals surface area (Å²) in [7, 11) is 1.64. The fraction of sp³-hybridized carbons (Fsp3) is 0.333. The molecule has 0 spiro atoms. The Kier molecular flexibility index (Phi) is 7.36. The Hall–Kier alpha value is -2.02. The van der Waals surface area contributed by atoms with Crippen LogP contribution in [-0.4, -0.2) is 35.6 Å². The van der Waals surface area contributed by atoms with E-state index >= 15 is 0 Å². The van der Waals surface area contributed by atoms with Crippen molar-refractivity contribution >= 4 is 34.3 Å². The van der Waals surface area contributed by atoms with Gasteiger partial charge in [0.1, 0.15) is 5.75 Å². The fourth-order valence-corrected chi connectivity index (χ4v) is 4.01. The number of fused-ring (bicyclic) bond motifs is 1. The lowest BCUT2D eigenvalue weighted by atomic mass is 10.2. The summed E-state index contributed by atoms with van der Waals surface area (Å²) in [5, 5.41) is 2.02. The Morgan fingerprint density at radius 2 is 1.93 bits per heavy atom. The summed E-state index contributed by atoms with van der Waals surface area (Å²) in [6.45, 7) is 3.00. The van der Waals surface area contributed by atoms with Gasteiger partial charge in [-0.05, 0) is 49.7 Å². The van der Waals surface area contributed by atoms with E-state index in [1.807, 2.05) is 43.3 Å². The van der Waals surface area contributed by atoms with Crippen LogP contribution in [-0.2, 0) is 4.74 Å². The maximum absolute atomic E-state index is 13.0. The summed E-state index contributed by atoms with van der Waals surface area (Å²) < 4.78 is 12.7. The molecule has 0 aliphatic rings. The van der Waals surface area contributed by atoms with Crippen LogP contribution < -0.4 is 10.3 Å². The first kappa shape index (κ1) is 20.7. The van der Waals surface area contributed by atoms with Gasteiger partial charge in [0, 0.05) is 17.9 Å². The molecule has 0 N–H and O–H groups in total. The smallest absolute Gasteiger partial charge is 0.262 e. The number of hydrogen-bond acceptors (Lipinski definition) is 5. The molecule has 148 valence electrons. The van der Waals surface area contributed by atoms with Crippen LogP contribution in [0, 0.1) is 0 Å². The molecule has 1 aromatic heterocycles. The minimum absolute atomic E-state index is 0.0323. The monoisotopic (exact) mass is 418 g/mol. The number of para-hydroxylation sites is 1. The van der Waals surface area contributed by atoms with Gasteiger partial charge in [-0.25, -0.2) is 4.98 Å². The van der Waals surface area contributed by atoms with Crippen molar-refractivity contribution in [3.8, 4) is 5.75 Å². The molecule has 0 aliphatic carbocycles. The molecule has 3 rings (SSSR count). The second-order valence-corrected chi connectivity index (χ2v) is 7.89. The Bertz CT molecular complexity index is 976. The van der Waals surface area contributed by atoms with E-state index < -0.39 is 0 Å².